The standard InChI is InChI=1S/C15H18O2/c1-9-6-7-12-13(8-9)15(17)11-5-3-2-4-10(11)14(12)16/h2-3,6,10-13H,4-5,7-8H2,1H3. The molecule has 0 heterocycles. The van der Waals surface area contributed by atoms with Crippen molar-refractivity contribution in [2.24, 2.45) is 23.7 Å². The molecule has 2 nitrogen and oxygen atoms in total. The zero-order valence-corrected chi connectivity index (χ0v) is 10.2. The van der Waals surface area contributed by atoms with Gasteiger partial charge in [-0.05, 0) is 32.6 Å². The van der Waals surface area contributed by atoms with Crippen LogP contribution in [0.4, 0.5) is 0 Å². The lowest BCUT2D eigenvalue weighted by molar-refractivity contribution is -0.147. The third-order valence-corrected chi connectivity index (χ3v) is 4.64. The van der Waals surface area contributed by atoms with Gasteiger partial charge in [-0.2, -0.15) is 0 Å². The van der Waals surface area contributed by atoms with Crippen molar-refractivity contribution < 1.29 is 9.59 Å². The Morgan fingerprint density at radius 3 is 2.06 bits per heavy atom. The van der Waals surface area contributed by atoms with Gasteiger partial charge in [0.1, 0.15) is 11.6 Å². The summed E-state index contributed by atoms with van der Waals surface area (Å²) in [7, 11) is 0. The monoisotopic (exact) mass is 230 g/mol. The van der Waals surface area contributed by atoms with Gasteiger partial charge in [-0.1, -0.05) is 23.8 Å². The Hall–Kier alpha value is -1.18. The largest absolute Gasteiger partial charge is 0.299 e. The van der Waals surface area contributed by atoms with Crippen LogP contribution >= 0.6 is 0 Å². The molecule has 3 rings (SSSR count). The molecular formula is C15H18O2. The molecular weight excluding hydrogens is 212 g/mol. The number of rotatable bonds is 0. The van der Waals surface area contributed by atoms with E-state index in [-0.39, 0.29) is 23.7 Å². The summed E-state index contributed by atoms with van der Waals surface area (Å²) in [5.41, 5.74) is 1.28. The first-order valence-corrected chi connectivity index (χ1v) is 6.56. The smallest absolute Gasteiger partial charge is 0.141 e. The molecule has 0 N–H and O–H groups in total. The van der Waals surface area contributed by atoms with Crippen LogP contribution in [0.5, 0.6) is 0 Å². The predicted octanol–water partition coefficient (Wildman–Crippen LogP) is 2.69. The van der Waals surface area contributed by atoms with Gasteiger partial charge in [-0.25, -0.2) is 0 Å². The average Bonchev–Trinajstić information content (AvgIpc) is 2.36. The van der Waals surface area contributed by atoms with E-state index in [4.69, 9.17) is 0 Å². The van der Waals surface area contributed by atoms with Gasteiger partial charge in [0.25, 0.3) is 0 Å². The Kier molecular flexibility index (Phi) is 2.53. The molecule has 0 aromatic carbocycles. The van der Waals surface area contributed by atoms with Gasteiger partial charge in [0, 0.05) is 23.7 Å². The van der Waals surface area contributed by atoms with Gasteiger partial charge < -0.3 is 0 Å². The number of ketones is 2. The molecule has 0 aliphatic heterocycles. The second-order valence-corrected chi connectivity index (χ2v) is 5.66. The van der Waals surface area contributed by atoms with E-state index in [0.29, 0.717) is 11.6 Å². The highest BCUT2D eigenvalue weighted by Gasteiger charge is 2.49. The van der Waals surface area contributed by atoms with Crippen molar-refractivity contribution in [1.29, 1.82) is 0 Å². The van der Waals surface area contributed by atoms with Crippen LogP contribution in [0.25, 0.3) is 0 Å². The highest BCUT2D eigenvalue weighted by molar-refractivity contribution is 6.00. The molecule has 90 valence electrons. The molecule has 3 aliphatic rings. The molecule has 1 fully saturated rings. The van der Waals surface area contributed by atoms with Crippen LogP contribution in [0.15, 0.2) is 23.8 Å². The molecule has 0 radical (unpaired) electrons. The maximum Gasteiger partial charge on any atom is 0.141 e. The second kappa shape index (κ2) is 3.94. The normalized spacial score (nSPS) is 40.6. The van der Waals surface area contributed by atoms with E-state index in [1.165, 1.54) is 5.57 Å². The highest BCUT2D eigenvalue weighted by Crippen LogP contribution is 2.44. The zero-order chi connectivity index (χ0) is 12.0. The van der Waals surface area contributed by atoms with Gasteiger partial charge in [0.2, 0.25) is 0 Å². The van der Waals surface area contributed by atoms with Gasteiger partial charge in [-0.15, -0.1) is 0 Å². The quantitative estimate of drug-likeness (QED) is 0.600. The first kappa shape index (κ1) is 10.9. The van der Waals surface area contributed by atoms with Crippen molar-refractivity contribution in [1.82, 2.24) is 0 Å². The summed E-state index contributed by atoms with van der Waals surface area (Å²) in [4.78, 5) is 24.9. The van der Waals surface area contributed by atoms with Crippen LogP contribution < -0.4 is 0 Å². The Bertz CT molecular complexity index is 430. The molecule has 0 aromatic rings. The maximum absolute atomic E-state index is 12.5. The maximum atomic E-state index is 12.5. The Morgan fingerprint density at radius 2 is 1.41 bits per heavy atom. The van der Waals surface area contributed by atoms with Crippen molar-refractivity contribution in [3.8, 4) is 0 Å². The van der Waals surface area contributed by atoms with E-state index >= 15 is 0 Å². The molecule has 1 saturated carbocycles. The number of fused-ring (bicyclic) bond motifs is 2. The summed E-state index contributed by atoms with van der Waals surface area (Å²) in [6.07, 6.45) is 9.43. The lowest BCUT2D eigenvalue weighted by Crippen LogP contribution is -2.48. The van der Waals surface area contributed by atoms with E-state index in [9.17, 15) is 9.59 Å². The number of carbonyl (C=O) groups is 2. The van der Waals surface area contributed by atoms with Crippen LogP contribution in [0.3, 0.4) is 0 Å². The third kappa shape index (κ3) is 1.62. The number of Topliss-reactive ketones (excluding diaryl/α,β-unsaturated/α-hetero) is 2. The number of hydrogen-bond acceptors (Lipinski definition) is 2. The summed E-state index contributed by atoms with van der Waals surface area (Å²) >= 11 is 0. The van der Waals surface area contributed by atoms with Crippen molar-refractivity contribution in [2.45, 2.75) is 32.6 Å². The fourth-order valence-electron chi connectivity index (χ4n) is 3.67. The van der Waals surface area contributed by atoms with E-state index in [0.717, 1.165) is 25.7 Å². The first-order valence-electron chi connectivity index (χ1n) is 6.56. The van der Waals surface area contributed by atoms with Crippen LogP contribution in [-0.2, 0) is 9.59 Å². The lowest BCUT2D eigenvalue weighted by Gasteiger charge is -2.41. The fraction of sp³-hybridized carbons (Fsp3) is 0.600. The van der Waals surface area contributed by atoms with Crippen LogP contribution in [0, 0.1) is 23.7 Å². The minimum Gasteiger partial charge on any atom is -0.299 e. The van der Waals surface area contributed by atoms with Crippen molar-refractivity contribution in [2.75, 3.05) is 0 Å². The second-order valence-electron chi connectivity index (χ2n) is 5.66. The van der Waals surface area contributed by atoms with Crippen molar-refractivity contribution >= 4 is 11.6 Å². The van der Waals surface area contributed by atoms with Crippen LogP contribution in [0.1, 0.15) is 32.6 Å². The molecule has 0 spiro atoms. The lowest BCUT2D eigenvalue weighted by atomic mass is 9.60. The third-order valence-electron chi connectivity index (χ3n) is 4.64. The van der Waals surface area contributed by atoms with Crippen LogP contribution in [-0.4, -0.2) is 11.6 Å². The minimum absolute atomic E-state index is 0.0134. The topological polar surface area (TPSA) is 34.1 Å². The van der Waals surface area contributed by atoms with Gasteiger partial charge >= 0.3 is 0 Å². The molecule has 3 aliphatic carbocycles. The number of carbonyl (C=O) groups excluding carboxylic acids is 2. The summed E-state index contributed by atoms with van der Waals surface area (Å²) in [5, 5.41) is 0. The molecule has 4 unspecified atom stereocenters. The van der Waals surface area contributed by atoms with E-state index in [2.05, 4.69) is 25.2 Å². The molecule has 0 bridgehead atoms. The Balaban J connectivity index is 1.95. The summed E-state index contributed by atoms with van der Waals surface area (Å²) in [5.74, 6) is 0.656. The molecule has 4 atom stereocenters. The van der Waals surface area contributed by atoms with E-state index in [1.807, 2.05) is 0 Å². The number of hydrogen-bond donors (Lipinski definition) is 0. The predicted molar refractivity (Wildman–Crippen MR) is 65.3 cm³/mol. The zero-order valence-electron chi connectivity index (χ0n) is 10.2. The summed E-state index contributed by atoms with van der Waals surface area (Å²) in [6, 6.07) is 0. The highest BCUT2D eigenvalue weighted by atomic mass is 16.1. The number of allylic oxidation sites excluding steroid dienone is 4. The van der Waals surface area contributed by atoms with E-state index in [1.54, 1.807) is 0 Å². The summed E-state index contributed by atoms with van der Waals surface area (Å²) in [6.45, 7) is 2.07. The molecule has 0 amide bonds. The van der Waals surface area contributed by atoms with E-state index < -0.39 is 0 Å². The Labute approximate surface area is 102 Å². The first-order chi connectivity index (χ1) is 8.18. The summed E-state index contributed by atoms with van der Waals surface area (Å²) < 4.78 is 0. The molecule has 17 heavy (non-hydrogen) atoms. The molecule has 2 heteroatoms. The molecule has 0 saturated heterocycles. The van der Waals surface area contributed by atoms with Gasteiger partial charge in [0.05, 0.1) is 0 Å². The fourth-order valence-corrected chi connectivity index (χ4v) is 3.67. The van der Waals surface area contributed by atoms with Crippen LogP contribution in [0.2, 0.25) is 0 Å². The SMILES string of the molecule is CC1=CCC2C(=O)C3CC=CCC3C(=O)C2C1. The van der Waals surface area contributed by atoms with Gasteiger partial charge in [0.15, 0.2) is 0 Å². The van der Waals surface area contributed by atoms with Gasteiger partial charge in [-0.3, -0.25) is 9.59 Å². The van der Waals surface area contributed by atoms with Crippen molar-refractivity contribution in [3.63, 3.8) is 0 Å². The average molecular weight is 230 g/mol. The Morgan fingerprint density at radius 1 is 0.882 bits per heavy atom. The minimum atomic E-state index is -0.0149. The molecule has 0 aromatic heterocycles. The van der Waals surface area contributed by atoms with Crippen molar-refractivity contribution in [3.05, 3.63) is 23.8 Å².